The van der Waals surface area contributed by atoms with Crippen LogP contribution in [0.2, 0.25) is 0 Å². The SMILES string of the molecule is Nc1nc2ccc(-c3cn[nH]c3)c(C3CCC(F)(F)CC3)n2n1. The van der Waals surface area contributed by atoms with Crippen molar-refractivity contribution in [1.29, 1.82) is 0 Å². The van der Waals surface area contributed by atoms with Crippen LogP contribution in [0.3, 0.4) is 0 Å². The molecular formula is C15H16F2N6. The normalized spacial score (nSPS) is 18.5. The number of nitrogens with zero attached hydrogens (tertiary/aromatic N) is 4. The van der Waals surface area contributed by atoms with Crippen LogP contribution >= 0.6 is 0 Å². The smallest absolute Gasteiger partial charge is 0.248 e. The number of H-pyrrole nitrogens is 1. The lowest BCUT2D eigenvalue weighted by atomic mass is 9.82. The van der Waals surface area contributed by atoms with Gasteiger partial charge in [-0.15, -0.1) is 5.10 Å². The van der Waals surface area contributed by atoms with Crippen molar-refractivity contribution in [2.45, 2.75) is 37.5 Å². The highest BCUT2D eigenvalue weighted by Crippen LogP contribution is 2.43. The molecule has 6 nitrogen and oxygen atoms in total. The monoisotopic (exact) mass is 318 g/mol. The molecule has 4 rings (SSSR count). The maximum atomic E-state index is 13.5. The Bertz CT molecular complexity index is 829. The summed E-state index contributed by atoms with van der Waals surface area (Å²) in [5, 5.41) is 11.0. The number of aromatic nitrogens is 5. The molecule has 0 unspecified atom stereocenters. The van der Waals surface area contributed by atoms with Crippen LogP contribution in [-0.4, -0.2) is 30.7 Å². The second-order valence-electron chi connectivity index (χ2n) is 5.99. The van der Waals surface area contributed by atoms with Crippen molar-refractivity contribution in [3.63, 3.8) is 0 Å². The Balaban J connectivity index is 1.86. The summed E-state index contributed by atoms with van der Waals surface area (Å²) in [5.74, 6) is -2.40. The Hall–Kier alpha value is -2.51. The molecule has 0 atom stereocenters. The third-order valence-electron chi connectivity index (χ3n) is 4.46. The summed E-state index contributed by atoms with van der Waals surface area (Å²) in [6.07, 6.45) is 4.10. The number of nitrogen functional groups attached to an aromatic ring is 1. The summed E-state index contributed by atoms with van der Waals surface area (Å²) in [6.45, 7) is 0. The van der Waals surface area contributed by atoms with Gasteiger partial charge in [-0.3, -0.25) is 5.10 Å². The molecule has 3 aromatic heterocycles. The predicted molar refractivity (Wildman–Crippen MR) is 81.1 cm³/mol. The molecule has 8 heteroatoms. The molecule has 3 N–H and O–H groups in total. The molecule has 0 spiro atoms. The minimum Gasteiger partial charge on any atom is -0.366 e. The molecule has 3 heterocycles. The largest absolute Gasteiger partial charge is 0.366 e. The first-order chi connectivity index (χ1) is 11.0. The molecule has 3 aromatic rings. The standard InChI is InChI=1S/C15H16F2N6/c16-15(17)5-3-9(4-6-15)13-11(10-7-19-20-8-10)1-2-12-21-14(18)22-23(12)13/h1-2,7-9H,3-6H2,(H2,18,22)(H,19,20). The lowest BCUT2D eigenvalue weighted by molar-refractivity contribution is -0.0385. The van der Waals surface area contributed by atoms with Gasteiger partial charge in [-0.25, -0.2) is 13.3 Å². The van der Waals surface area contributed by atoms with E-state index in [1.54, 1.807) is 16.9 Å². The van der Waals surface area contributed by atoms with Crippen LogP contribution in [0.5, 0.6) is 0 Å². The highest BCUT2D eigenvalue weighted by molar-refractivity contribution is 5.68. The zero-order chi connectivity index (χ0) is 16.0. The number of rotatable bonds is 2. The lowest BCUT2D eigenvalue weighted by Gasteiger charge is -2.29. The van der Waals surface area contributed by atoms with Gasteiger partial charge in [-0.2, -0.15) is 10.1 Å². The fraction of sp³-hybridized carbons (Fsp3) is 0.400. The molecule has 120 valence electrons. The van der Waals surface area contributed by atoms with E-state index in [0.29, 0.717) is 18.5 Å². The number of hydrogen-bond donors (Lipinski definition) is 2. The third kappa shape index (κ3) is 2.43. The van der Waals surface area contributed by atoms with Gasteiger partial charge in [0.1, 0.15) is 0 Å². The maximum Gasteiger partial charge on any atom is 0.248 e. The maximum absolute atomic E-state index is 13.5. The predicted octanol–water partition coefficient (Wildman–Crippen LogP) is 2.99. The van der Waals surface area contributed by atoms with Crippen LogP contribution in [0, 0.1) is 0 Å². The summed E-state index contributed by atoms with van der Waals surface area (Å²) in [4.78, 5) is 4.18. The molecule has 0 radical (unpaired) electrons. The van der Waals surface area contributed by atoms with Crippen molar-refractivity contribution in [1.82, 2.24) is 24.8 Å². The van der Waals surface area contributed by atoms with E-state index >= 15 is 0 Å². The summed E-state index contributed by atoms with van der Waals surface area (Å²) in [6, 6.07) is 3.75. The van der Waals surface area contributed by atoms with Crippen LogP contribution in [0.4, 0.5) is 14.7 Å². The first-order valence-corrected chi connectivity index (χ1v) is 7.56. The van der Waals surface area contributed by atoms with E-state index in [-0.39, 0.29) is 24.7 Å². The van der Waals surface area contributed by atoms with E-state index in [9.17, 15) is 8.78 Å². The second kappa shape index (κ2) is 5.00. The highest BCUT2D eigenvalue weighted by atomic mass is 19.3. The molecule has 0 amide bonds. The van der Waals surface area contributed by atoms with Gasteiger partial charge in [-0.05, 0) is 25.0 Å². The van der Waals surface area contributed by atoms with E-state index in [0.717, 1.165) is 16.8 Å². The molecule has 1 aliphatic rings. The highest BCUT2D eigenvalue weighted by Gasteiger charge is 2.37. The second-order valence-corrected chi connectivity index (χ2v) is 5.99. The van der Waals surface area contributed by atoms with E-state index < -0.39 is 5.92 Å². The van der Waals surface area contributed by atoms with Crippen LogP contribution < -0.4 is 5.73 Å². The first kappa shape index (κ1) is 14.1. The van der Waals surface area contributed by atoms with Crippen molar-refractivity contribution < 1.29 is 8.78 Å². The minimum absolute atomic E-state index is 0.00988. The van der Waals surface area contributed by atoms with Gasteiger partial charge in [0, 0.05) is 36.1 Å². The number of fused-ring (bicyclic) bond motifs is 1. The van der Waals surface area contributed by atoms with Gasteiger partial charge in [0.2, 0.25) is 11.9 Å². The fourth-order valence-corrected chi connectivity index (χ4v) is 3.33. The summed E-state index contributed by atoms with van der Waals surface area (Å²) in [5.41, 5.74) is 9.04. The Morgan fingerprint density at radius 1 is 1.26 bits per heavy atom. The Morgan fingerprint density at radius 2 is 2.04 bits per heavy atom. The zero-order valence-corrected chi connectivity index (χ0v) is 12.3. The van der Waals surface area contributed by atoms with Crippen molar-refractivity contribution >= 4 is 11.6 Å². The summed E-state index contributed by atoms with van der Waals surface area (Å²) >= 11 is 0. The number of nitrogens with one attached hydrogen (secondary N) is 1. The lowest BCUT2D eigenvalue weighted by Crippen LogP contribution is -2.25. The molecule has 1 aliphatic carbocycles. The Kier molecular flexibility index (Phi) is 3.07. The number of pyridine rings is 1. The Morgan fingerprint density at radius 3 is 2.74 bits per heavy atom. The third-order valence-corrected chi connectivity index (χ3v) is 4.46. The quantitative estimate of drug-likeness (QED) is 0.760. The molecule has 0 bridgehead atoms. The van der Waals surface area contributed by atoms with E-state index in [4.69, 9.17) is 5.73 Å². The average Bonchev–Trinajstić information content (AvgIpc) is 3.14. The fourth-order valence-electron chi connectivity index (χ4n) is 3.33. The van der Waals surface area contributed by atoms with Crippen LogP contribution in [-0.2, 0) is 0 Å². The molecular weight excluding hydrogens is 302 g/mol. The molecule has 23 heavy (non-hydrogen) atoms. The van der Waals surface area contributed by atoms with Crippen molar-refractivity contribution in [3.8, 4) is 11.1 Å². The van der Waals surface area contributed by atoms with E-state index in [1.807, 2.05) is 12.1 Å². The number of alkyl halides is 2. The van der Waals surface area contributed by atoms with Crippen LogP contribution in [0.25, 0.3) is 16.8 Å². The van der Waals surface area contributed by atoms with Crippen molar-refractivity contribution in [2.24, 2.45) is 0 Å². The van der Waals surface area contributed by atoms with Gasteiger partial charge < -0.3 is 5.73 Å². The first-order valence-electron chi connectivity index (χ1n) is 7.56. The molecule has 0 aromatic carbocycles. The Labute approximate surface area is 130 Å². The van der Waals surface area contributed by atoms with Gasteiger partial charge >= 0.3 is 0 Å². The van der Waals surface area contributed by atoms with Gasteiger partial charge in [0.15, 0.2) is 5.65 Å². The zero-order valence-electron chi connectivity index (χ0n) is 12.3. The number of anilines is 1. The number of aromatic amines is 1. The van der Waals surface area contributed by atoms with Crippen LogP contribution in [0.15, 0.2) is 24.5 Å². The van der Waals surface area contributed by atoms with Crippen LogP contribution in [0.1, 0.15) is 37.3 Å². The van der Waals surface area contributed by atoms with E-state index in [1.165, 1.54) is 0 Å². The number of halogens is 2. The number of hydrogen-bond acceptors (Lipinski definition) is 4. The van der Waals surface area contributed by atoms with Crippen molar-refractivity contribution in [2.75, 3.05) is 5.73 Å². The van der Waals surface area contributed by atoms with Gasteiger partial charge in [0.25, 0.3) is 0 Å². The van der Waals surface area contributed by atoms with E-state index in [2.05, 4.69) is 20.3 Å². The average molecular weight is 318 g/mol. The van der Waals surface area contributed by atoms with Gasteiger partial charge in [0.05, 0.1) is 11.9 Å². The molecule has 1 fully saturated rings. The minimum atomic E-state index is -2.57. The van der Waals surface area contributed by atoms with Crippen molar-refractivity contribution in [3.05, 3.63) is 30.2 Å². The summed E-state index contributed by atoms with van der Waals surface area (Å²) < 4.78 is 28.7. The summed E-state index contributed by atoms with van der Waals surface area (Å²) in [7, 11) is 0. The van der Waals surface area contributed by atoms with Gasteiger partial charge in [-0.1, -0.05) is 0 Å². The molecule has 0 saturated heterocycles. The number of nitrogens with two attached hydrogens (primary N) is 1. The molecule has 0 aliphatic heterocycles. The topological polar surface area (TPSA) is 84.9 Å². The molecule has 1 saturated carbocycles.